The van der Waals surface area contributed by atoms with Gasteiger partial charge in [0.2, 0.25) is 5.91 Å². The first-order chi connectivity index (χ1) is 8.78. The zero-order chi connectivity index (χ0) is 12.5. The number of fused-ring (bicyclic) bond motifs is 1. The van der Waals surface area contributed by atoms with Gasteiger partial charge in [-0.1, -0.05) is 18.2 Å². The van der Waals surface area contributed by atoms with Gasteiger partial charge in [0.15, 0.2) is 0 Å². The van der Waals surface area contributed by atoms with Crippen LogP contribution in [0.2, 0.25) is 0 Å². The van der Waals surface area contributed by atoms with E-state index in [1.807, 2.05) is 11.8 Å². The SMILES string of the molecule is CCN1CN(Cc2cccc3c2NCC3)CC1=O. The van der Waals surface area contributed by atoms with Gasteiger partial charge in [-0.05, 0) is 24.5 Å². The van der Waals surface area contributed by atoms with Crippen LogP contribution in [0.15, 0.2) is 18.2 Å². The molecule has 2 aliphatic rings. The van der Waals surface area contributed by atoms with Crippen molar-refractivity contribution in [3.63, 3.8) is 0 Å². The molecule has 0 aromatic heterocycles. The molecule has 1 amide bonds. The quantitative estimate of drug-likeness (QED) is 0.871. The van der Waals surface area contributed by atoms with E-state index in [2.05, 4.69) is 28.4 Å². The van der Waals surface area contributed by atoms with Crippen molar-refractivity contribution in [2.45, 2.75) is 19.9 Å². The Morgan fingerprint density at radius 2 is 2.28 bits per heavy atom. The number of rotatable bonds is 3. The average molecular weight is 245 g/mol. The number of amides is 1. The molecule has 1 aromatic rings. The Morgan fingerprint density at radius 1 is 1.39 bits per heavy atom. The average Bonchev–Trinajstić information content (AvgIpc) is 2.96. The van der Waals surface area contributed by atoms with Crippen LogP contribution in [0.5, 0.6) is 0 Å². The highest BCUT2D eigenvalue weighted by Gasteiger charge is 2.26. The van der Waals surface area contributed by atoms with E-state index in [1.54, 1.807) is 0 Å². The highest BCUT2D eigenvalue weighted by atomic mass is 16.2. The molecule has 1 saturated heterocycles. The Balaban J connectivity index is 1.74. The summed E-state index contributed by atoms with van der Waals surface area (Å²) in [4.78, 5) is 15.8. The van der Waals surface area contributed by atoms with Crippen LogP contribution >= 0.6 is 0 Å². The molecule has 1 N–H and O–H groups in total. The summed E-state index contributed by atoms with van der Waals surface area (Å²) in [6, 6.07) is 6.47. The van der Waals surface area contributed by atoms with Crippen LogP contribution in [0.3, 0.4) is 0 Å². The first-order valence-electron chi connectivity index (χ1n) is 6.62. The lowest BCUT2D eigenvalue weighted by Gasteiger charge is -2.18. The molecule has 4 heteroatoms. The third kappa shape index (κ3) is 1.97. The van der Waals surface area contributed by atoms with Gasteiger partial charge >= 0.3 is 0 Å². The van der Waals surface area contributed by atoms with Crippen molar-refractivity contribution >= 4 is 11.6 Å². The van der Waals surface area contributed by atoms with E-state index < -0.39 is 0 Å². The lowest BCUT2D eigenvalue weighted by molar-refractivity contribution is -0.126. The molecule has 0 atom stereocenters. The van der Waals surface area contributed by atoms with Gasteiger partial charge in [-0.3, -0.25) is 9.69 Å². The van der Waals surface area contributed by atoms with Crippen LogP contribution in [-0.2, 0) is 17.8 Å². The first-order valence-corrected chi connectivity index (χ1v) is 6.62. The Kier molecular flexibility index (Phi) is 2.96. The van der Waals surface area contributed by atoms with Crippen molar-refractivity contribution in [1.29, 1.82) is 0 Å². The van der Waals surface area contributed by atoms with Crippen LogP contribution in [-0.4, -0.2) is 42.0 Å². The minimum absolute atomic E-state index is 0.248. The zero-order valence-electron chi connectivity index (χ0n) is 10.8. The highest BCUT2D eigenvalue weighted by molar-refractivity contribution is 5.80. The standard InChI is InChI=1S/C14H19N3O/c1-2-17-10-16(9-13(17)18)8-12-5-3-4-11-6-7-15-14(11)12/h3-5,15H,2,6-10H2,1H3. The van der Waals surface area contributed by atoms with Gasteiger partial charge in [0.25, 0.3) is 0 Å². The van der Waals surface area contributed by atoms with E-state index in [9.17, 15) is 4.79 Å². The molecule has 1 fully saturated rings. The summed E-state index contributed by atoms with van der Waals surface area (Å²) < 4.78 is 0. The fraction of sp³-hybridized carbons (Fsp3) is 0.500. The Morgan fingerprint density at radius 3 is 3.06 bits per heavy atom. The number of anilines is 1. The minimum atomic E-state index is 0.248. The second-order valence-electron chi connectivity index (χ2n) is 5.01. The number of carbonyl (C=O) groups is 1. The fourth-order valence-electron chi connectivity index (χ4n) is 2.83. The molecule has 0 aliphatic carbocycles. The molecular formula is C14H19N3O. The lowest BCUT2D eigenvalue weighted by atomic mass is 10.1. The van der Waals surface area contributed by atoms with Crippen molar-refractivity contribution in [3.05, 3.63) is 29.3 Å². The van der Waals surface area contributed by atoms with Gasteiger partial charge < -0.3 is 10.2 Å². The molecule has 0 unspecified atom stereocenters. The van der Waals surface area contributed by atoms with Crippen molar-refractivity contribution in [1.82, 2.24) is 9.80 Å². The Labute approximate surface area is 108 Å². The molecular weight excluding hydrogens is 226 g/mol. The summed E-state index contributed by atoms with van der Waals surface area (Å²) in [7, 11) is 0. The number of nitrogens with one attached hydrogen (secondary N) is 1. The topological polar surface area (TPSA) is 35.6 Å². The summed E-state index contributed by atoms with van der Waals surface area (Å²) in [6.07, 6.45) is 1.11. The second-order valence-corrected chi connectivity index (χ2v) is 5.01. The van der Waals surface area contributed by atoms with E-state index in [1.165, 1.54) is 16.8 Å². The minimum Gasteiger partial charge on any atom is -0.384 e. The first kappa shape index (κ1) is 11.5. The number of hydrogen-bond acceptors (Lipinski definition) is 3. The van der Waals surface area contributed by atoms with Crippen molar-refractivity contribution in [3.8, 4) is 0 Å². The summed E-state index contributed by atoms with van der Waals surface area (Å²) >= 11 is 0. The van der Waals surface area contributed by atoms with Gasteiger partial charge in [-0.25, -0.2) is 0 Å². The maximum Gasteiger partial charge on any atom is 0.237 e. The van der Waals surface area contributed by atoms with Crippen molar-refractivity contribution in [2.24, 2.45) is 0 Å². The van der Waals surface area contributed by atoms with E-state index in [0.717, 1.165) is 32.7 Å². The molecule has 2 heterocycles. The maximum atomic E-state index is 11.7. The van der Waals surface area contributed by atoms with Crippen LogP contribution < -0.4 is 5.32 Å². The third-order valence-electron chi connectivity index (χ3n) is 3.79. The van der Waals surface area contributed by atoms with Gasteiger partial charge in [-0.15, -0.1) is 0 Å². The number of carbonyl (C=O) groups excluding carboxylic acids is 1. The van der Waals surface area contributed by atoms with Gasteiger partial charge in [0.05, 0.1) is 13.2 Å². The molecule has 1 aromatic carbocycles. The van der Waals surface area contributed by atoms with E-state index in [4.69, 9.17) is 0 Å². The van der Waals surface area contributed by atoms with Crippen LogP contribution in [0, 0.1) is 0 Å². The van der Waals surface area contributed by atoms with Crippen molar-refractivity contribution < 1.29 is 4.79 Å². The Bertz CT molecular complexity index is 472. The van der Waals surface area contributed by atoms with Crippen LogP contribution in [0.25, 0.3) is 0 Å². The van der Waals surface area contributed by atoms with E-state index in [0.29, 0.717) is 6.54 Å². The maximum absolute atomic E-state index is 11.7. The molecule has 96 valence electrons. The summed E-state index contributed by atoms with van der Waals surface area (Å²) in [5.74, 6) is 0.248. The lowest BCUT2D eigenvalue weighted by Crippen LogP contribution is -2.26. The molecule has 4 nitrogen and oxygen atoms in total. The second kappa shape index (κ2) is 4.61. The highest BCUT2D eigenvalue weighted by Crippen LogP contribution is 2.27. The number of nitrogens with zero attached hydrogens (tertiary/aromatic N) is 2. The molecule has 0 spiro atoms. The summed E-state index contributed by atoms with van der Waals surface area (Å²) in [6.45, 7) is 6.05. The number of hydrogen-bond donors (Lipinski definition) is 1. The molecule has 0 radical (unpaired) electrons. The predicted octanol–water partition coefficient (Wildman–Crippen LogP) is 1.28. The molecule has 18 heavy (non-hydrogen) atoms. The molecule has 3 rings (SSSR count). The monoisotopic (exact) mass is 245 g/mol. The largest absolute Gasteiger partial charge is 0.384 e. The number of benzene rings is 1. The van der Waals surface area contributed by atoms with Crippen molar-refractivity contribution in [2.75, 3.05) is 31.6 Å². The normalized spacial score (nSPS) is 19.2. The zero-order valence-corrected chi connectivity index (χ0v) is 10.8. The number of likely N-dealkylation sites (N-methyl/N-ethyl adjacent to an activating group) is 1. The smallest absolute Gasteiger partial charge is 0.237 e. The van der Waals surface area contributed by atoms with E-state index >= 15 is 0 Å². The van der Waals surface area contributed by atoms with Crippen LogP contribution in [0.1, 0.15) is 18.1 Å². The van der Waals surface area contributed by atoms with Gasteiger partial charge in [0.1, 0.15) is 0 Å². The Hall–Kier alpha value is -1.55. The molecule has 0 saturated carbocycles. The van der Waals surface area contributed by atoms with Gasteiger partial charge in [0, 0.05) is 25.3 Å². The summed E-state index contributed by atoms with van der Waals surface area (Å²) in [5, 5.41) is 3.45. The van der Waals surface area contributed by atoms with E-state index in [-0.39, 0.29) is 5.91 Å². The molecule has 2 aliphatic heterocycles. The number of para-hydroxylation sites is 1. The summed E-state index contributed by atoms with van der Waals surface area (Å²) in [5.41, 5.74) is 4.01. The molecule has 0 bridgehead atoms. The van der Waals surface area contributed by atoms with Gasteiger partial charge in [-0.2, -0.15) is 0 Å². The fourth-order valence-corrected chi connectivity index (χ4v) is 2.83. The third-order valence-corrected chi connectivity index (χ3v) is 3.79. The predicted molar refractivity (Wildman–Crippen MR) is 71.3 cm³/mol. The van der Waals surface area contributed by atoms with Crippen LogP contribution in [0.4, 0.5) is 5.69 Å².